The maximum Gasteiger partial charge on any atom is 0.264 e. The van der Waals surface area contributed by atoms with Gasteiger partial charge in [-0.2, -0.15) is 0 Å². The Balaban J connectivity index is 1.85. The summed E-state index contributed by atoms with van der Waals surface area (Å²) in [5, 5.41) is 0. The van der Waals surface area contributed by atoms with Crippen molar-refractivity contribution in [3.05, 3.63) is 45.9 Å². The number of piperidine rings is 1. The van der Waals surface area contributed by atoms with Crippen molar-refractivity contribution in [1.29, 1.82) is 0 Å². The van der Waals surface area contributed by atoms with E-state index in [4.69, 9.17) is 5.73 Å². The molecule has 1 aliphatic rings. The molecule has 23 heavy (non-hydrogen) atoms. The fourth-order valence-electron chi connectivity index (χ4n) is 3.16. The first-order valence-corrected chi connectivity index (χ1v) is 8.70. The van der Waals surface area contributed by atoms with Crippen LogP contribution in [0, 0.1) is 12.7 Å². The average molecular weight is 332 g/mol. The minimum atomic E-state index is -0.253. The van der Waals surface area contributed by atoms with Crippen LogP contribution < -0.4 is 5.73 Å². The second kappa shape index (κ2) is 6.42. The molecule has 1 aliphatic heterocycles. The molecule has 0 saturated carbocycles. The molecule has 1 aromatic heterocycles. The van der Waals surface area contributed by atoms with Gasteiger partial charge in [0.05, 0.1) is 4.88 Å². The van der Waals surface area contributed by atoms with Crippen molar-refractivity contribution in [3.63, 3.8) is 0 Å². The minimum absolute atomic E-state index is 0.0749. The molecule has 5 heteroatoms. The number of hydrogen-bond donors (Lipinski definition) is 1. The van der Waals surface area contributed by atoms with Crippen LogP contribution in [0.2, 0.25) is 0 Å². The summed E-state index contributed by atoms with van der Waals surface area (Å²) >= 11 is 1.50. The highest BCUT2D eigenvalue weighted by atomic mass is 32.1. The normalized spacial score (nSPS) is 21.5. The minimum Gasteiger partial charge on any atom is -0.335 e. The molecule has 1 aromatic carbocycles. The molecule has 0 radical (unpaired) electrons. The number of carbonyl (C=O) groups is 1. The first-order chi connectivity index (χ1) is 11.0. The van der Waals surface area contributed by atoms with Gasteiger partial charge in [0.15, 0.2) is 0 Å². The Bertz CT molecular complexity index is 710. The quantitative estimate of drug-likeness (QED) is 0.909. The van der Waals surface area contributed by atoms with E-state index in [9.17, 15) is 9.18 Å². The number of carbonyl (C=O) groups excluding carboxylic acids is 1. The lowest BCUT2D eigenvalue weighted by atomic mass is 9.99. The molecular weight excluding hydrogens is 311 g/mol. The molecule has 0 spiro atoms. The molecule has 3 rings (SSSR count). The summed E-state index contributed by atoms with van der Waals surface area (Å²) in [6, 6.07) is 8.68. The van der Waals surface area contributed by atoms with Crippen molar-refractivity contribution < 1.29 is 9.18 Å². The number of thiophene rings is 1. The molecule has 1 fully saturated rings. The highest BCUT2D eigenvalue weighted by Crippen LogP contribution is 2.32. The number of aryl methyl sites for hydroxylation is 1. The van der Waals surface area contributed by atoms with Crippen molar-refractivity contribution in [3.8, 4) is 11.1 Å². The number of likely N-dealkylation sites (tertiary alicyclic amines) is 1. The van der Waals surface area contributed by atoms with Crippen LogP contribution in [-0.2, 0) is 0 Å². The van der Waals surface area contributed by atoms with E-state index < -0.39 is 0 Å². The van der Waals surface area contributed by atoms with Gasteiger partial charge in [-0.05, 0) is 56.0 Å². The Morgan fingerprint density at radius 3 is 2.70 bits per heavy atom. The number of nitrogens with zero attached hydrogens (tertiary/aromatic N) is 1. The summed E-state index contributed by atoms with van der Waals surface area (Å²) in [5.41, 5.74) is 7.91. The molecule has 122 valence electrons. The Morgan fingerprint density at radius 2 is 2.04 bits per heavy atom. The molecule has 0 aliphatic carbocycles. The van der Waals surface area contributed by atoms with Gasteiger partial charge in [0.25, 0.3) is 5.91 Å². The Morgan fingerprint density at radius 1 is 1.35 bits per heavy atom. The van der Waals surface area contributed by atoms with Crippen molar-refractivity contribution in [1.82, 2.24) is 4.90 Å². The number of rotatable bonds is 2. The van der Waals surface area contributed by atoms with Gasteiger partial charge in [-0.25, -0.2) is 4.39 Å². The molecule has 0 unspecified atom stereocenters. The summed E-state index contributed by atoms with van der Waals surface area (Å²) in [6.45, 7) is 4.76. The summed E-state index contributed by atoms with van der Waals surface area (Å²) in [4.78, 5) is 16.5. The molecule has 2 heterocycles. The van der Waals surface area contributed by atoms with Gasteiger partial charge in [-0.3, -0.25) is 4.79 Å². The van der Waals surface area contributed by atoms with Crippen molar-refractivity contribution in [2.75, 3.05) is 6.54 Å². The van der Waals surface area contributed by atoms with E-state index in [1.54, 1.807) is 12.1 Å². The maximum atomic E-state index is 13.1. The number of hydrogen-bond acceptors (Lipinski definition) is 3. The molecule has 2 aromatic rings. The van der Waals surface area contributed by atoms with Crippen molar-refractivity contribution >= 4 is 17.2 Å². The summed E-state index contributed by atoms with van der Waals surface area (Å²) < 4.78 is 13.1. The fourth-order valence-corrected chi connectivity index (χ4v) is 4.15. The zero-order chi connectivity index (χ0) is 16.6. The summed E-state index contributed by atoms with van der Waals surface area (Å²) in [5.74, 6) is -0.178. The lowest BCUT2D eigenvalue weighted by Gasteiger charge is -2.36. The van der Waals surface area contributed by atoms with E-state index in [1.807, 2.05) is 17.9 Å². The SMILES string of the molecule is Cc1sc(C(=O)N2CC[C@@H](N)C[C@@H]2C)cc1-c1ccc(F)cc1. The smallest absolute Gasteiger partial charge is 0.264 e. The number of benzene rings is 1. The Labute approximate surface area is 139 Å². The van der Waals surface area contributed by atoms with Crippen LogP contribution in [-0.4, -0.2) is 29.4 Å². The predicted octanol–water partition coefficient (Wildman–Crippen LogP) is 3.81. The standard InChI is InChI=1S/C18H21FN2OS/c1-11-9-15(20)7-8-21(11)18(22)17-10-16(12(2)23-17)13-3-5-14(19)6-4-13/h3-6,10-11,15H,7-9,20H2,1-2H3/t11-,15+/m0/s1. The highest BCUT2D eigenvalue weighted by molar-refractivity contribution is 7.14. The van der Waals surface area contributed by atoms with E-state index in [1.165, 1.54) is 23.5 Å². The molecule has 2 N–H and O–H groups in total. The van der Waals surface area contributed by atoms with E-state index >= 15 is 0 Å². The van der Waals surface area contributed by atoms with Crippen LogP contribution in [0.25, 0.3) is 11.1 Å². The van der Waals surface area contributed by atoms with Gasteiger partial charge >= 0.3 is 0 Å². The van der Waals surface area contributed by atoms with Crippen molar-refractivity contribution in [2.45, 2.75) is 38.8 Å². The molecule has 1 saturated heterocycles. The molecule has 1 amide bonds. The van der Waals surface area contributed by atoms with E-state index in [0.29, 0.717) is 6.54 Å². The lowest BCUT2D eigenvalue weighted by Crippen LogP contribution is -2.48. The molecule has 2 atom stereocenters. The lowest BCUT2D eigenvalue weighted by molar-refractivity contribution is 0.0624. The monoisotopic (exact) mass is 332 g/mol. The predicted molar refractivity (Wildman–Crippen MR) is 92.2 cm³/mol. The average Bonchev–Trinajstić information content (AvgIpc) is 2.89. The van der Waals surface area contributed by atoms with Crippen LogP contribution in [0.4, 0.5) is 4.39 Å². The second-order valence-corrected chi connectivity index (χ2v) is 7.48. The topological polar surface area (TPSA) is 46.3 Å². The number of nitrogens with two attached hydrogens (primary N) is 1. The molecule has 0 bridgehead atoms. The van der Waals surface area contributed by atoms with Crippen LogP contribution >= 0.6 is 11.3 Å². The molecular formula is C18H21FN2OS. The number of amides is 1. The maximum absolute atomic E-state index is 13.1. The van der Waals surface area contributed by atoms with Crippen LogP contribution in [0.3, 0.4) is 0 Å². The zero-order valence-electron chi connectivity index (χ0n) is 13.4. The largest absolute Gasteiger partial charge is 0.335 e. The first kappa shape index (κ1) is 16.1. The first-order valence-electron chi connectivity index (χ1n) is 7.88. The highest BCUT2D eigenvalue weighted by Gasteiger charge is 2.29. The van der Waals surface area contributed by atoms with E-state index in [-0.39, 0.29) is 23.8 Å². The molecule has 3 nitrogen and oxygen atoms in total. The number of halogens is 1. The van der Waals surface area contributed by atoms with Crippen LogP contribution in [0.5, 0.6) is 0 Å². The second-order valence-electron chi connectivity index (χ2n) is 6.22. The Kier molecular flexibility index (Phi) is 4.50. The van der Waals surface area contributed by atoms with E-state index in [2.05, 4.69) is 6.92 Å². The fraction of sp³-hybridized carbons (Fsp3) is 0.389. The third-order valence-electron chi connectivity index (χ3n) is 4.46. The third kappa shape index (κ3) is 3.31. The van der Waals surface area contributed by atoms with Gasteiger partial charge < -0.3 is 10.6 Å². The van der Waals surface area contributed by atoms with Crippen LogP contribution in [0.15, 0.2) is 30.3 Å². The zero-order valence-corrected chi connectivity index (χ0v) is 14.2. The van der Waals surface area contributed by atoms with Gasteiger partial charge in [-0.1, -0.05) is 12.1 Å². The Hall–Kier alpha value is -1.72. The van der Waals surface area contributed by atoms with Gasteiger partial charge in [0, 0.05) is 23.5 Å². The summed E-state index contributed by atoms with van der Waals surface area (Å²) in [6.07, 6.45) is 1.70. The third-order valence-corrected chi connectivity index (χ3v) is 5.50. The van der Waals surface area contributed by atoms with Gasteiger partial charge in [-0.15, -0.1) is 11.3 Å². The van der Waals surface area contributed by atoms with Crippen molar-refractivity contribution in [2.24, 2.45) is 5.73 Å². The van der Waals surface area contributed by atoms with Crippen LogP contribution in [0.1, 0.15) is 34.3 Å². The van der Waals surface area contributed by atoms with Gasteiger partial charge in [0.1, 0.15) is 5.82 Å². The van der Waals surface area contributed by atoms with Gasteiger partial charge in [0.2, 0.25) is 0 Å². The van der Waals surface area contributed by atoms with E-state index in [0.717, 1.165) is 33.7 Å². The summed E-state index contributed by atoms with van der Waals surface area (Å²) in [7, 11) is 0.